The number of aromatic nitrogens is 2. The predicted octanol–water partition coefficient (Wildman–Crippen LogP) is 2.38. The summed E-state index contributed by atoms with van der Waals surface area (Å²) in [4.78, 5) is 5.43. The maximum Gasteiger partial charge on any atom is 0.229 e. The molecule has 1 atom stereocenters. The summed E-state index contributed by atoms with van der Waals surface area (Å²) in [5.74, 6) is 1.03. The van der Waals surface area contributed by atoms with Crippen LogP contribution in [0.4, 0.5) is 0 Å². The Morgan fingerprint density at radius 2 is 2.06 bits per heavy atom. The molecule has 1 aromatic heterocycles. The highest BCUT2D eigenvalue weighted by Gasteiger charge is 2.10. The minimum Gasteiger partial charge on any atom is -0.393 e. The smallest absolute Gasteiger partial charge is 0.229 e. The zero-order chi connectivity index (χ0) is 12.3. The first-order valence-corrected chi connectivity index (χ1v) is 6.56. The minimum atomic E-state index is -0.470. The fourth-order valence-corrected chi connectivity index (χ4v) is 1.86. The lowest BCUT2D eigenvalue weighted by atomic mass is 10.2. The van der Waals surface area contributed by atoms with Crippen LogP contribution in [0.25, 0.3) is 11.4 Å². The number of aliphatic hydroxyl groups excluding tert-OH is 1. The highest BCUT2D eigenvalue weighted by atomic mass is 32.2. The SMILES string of the molecule is CSc1ccc(-c2noc(CC(C)O)n2)cc1. The summed E-state index contributed by atoms with van der Waals surface area (Å²) in [6, 6.07) is 7.96. The van der Waals surface area contributed by atoms with Gasteiger partial charge in [-0.3, -0.25) is 0 Å². The summed E-state index contributed by atoms with van der Waals surface area (Å²) < 4.78 is 5.06. The molecule has 2 aromatic rings. The topological polar surface area (TPSA) is 59.2 Å². The maximum absolute atomic E-state index is 9.22. The lowest BCUT2D eigenvalue weighted by Crippen LogP contribution is -2.04. The molecule has 1 heterocycles. The Morgan fingerprint density at radius 1 is 1.35 bits per heavy atom. The van der Waals surface area contributed by atoms with E-state index in [4.69, 9.17) is 4.52 Å². The Morgan fingerprint density at radius 3 is 2.65 bits per heavy atom. The monoisotopic (exact) mass is 250 g/mol. The molecule has 17 heavy (non-hydrogen) atoms. The number of rotatable bonds is 4. The lowest BCUT2D eigenvalue weighted by Gasteiger charge is -1.97. The molecule has 90 valence electrons. The Labute approximate surface area is 104 Å². The molecule has 2 rings (SSSR count). The van der Waals surface area contributed by atoms with Crippen molar-refractivity contribution in [3.8, 4) is 11.4 Å². The Bertz CT molecular complexity index is 480. The van der Waals surface area contributed by atoms with E-state index in [1.54, 1.807) is 18.7 Å². The van der Waals surface area contributed by atoms with Crippen molar-refractivity contribution in [2.45, 2.75) is 24.3 Å². The van der Waals surface area contributed by atoms with Crippen molar-refractivity contribution in [3.05, 3.63) is 30.2 Å². The number of benzene rings is 1. The third kappa shape index (κ3) is 3.08. The van der Waals surface area contributed by atoms with Crippen LogP contribution >= 0.6 is 11.8 Å². The molecule has 0 amide bonds. The molecule has 4 nitrogen and oxygen atoms in total. The first-order valence-electron chi connectivity index (χ1n) is 5.34. The molecule has 0 spiro atoms. The highest BCUT2D eigenvalue weighted by molar-refractivity contribution is 7.98. The maximum atomic E-state index is 9.22. The number of nitrogens with zero attached hydrogens (tertiary/aromatic N) is 2. The van der Waals surface area contributed by atoms with Gasteiger partial charge in [0, 0.05) is 10.5 Å². The molecule has 1 unspecified atom stereocenters. The van der Waals surface area contributed by atoms with E-state index in [1.165, 1.54) is 4.90 Å². The van der Waals surface area contributed by atoms with Gasteiger partial charge in [0.1, 0.15) is 0 Å². The van der Waals surface area contributed by atoms with E-state index in [0.29, 0.717) is 18.1 Å². The summed E-state index contributed by atoms with van der Waals surface area (Å²) in [5.41, 5.74) is 0.920. The first kappa shape index (κ1) is 12.1. The third-order valence-corrected chi connectivity index (χ3v) is 3.03. The quantitative estimate of drug-likeness (QED) is 0.844. The van der Waals surface area contributed by atoms with Crippen LogP contribution in [0.3, 0.4) is 0 Å². The Balaban J connectivity index is 2.18. The zero-order valence-electron chi connectivity index (χ0n) is 9.75. The Kier molecular flexibility index (Phi) is 3.81. The van der Waals surface area contributed by atoms with Crippen molar-refractivity contribution in [2.24, 2.45) is 0 Å². The van der Waals surface area contributed by atoms with Gasteiger partial charge in [-0.05, 0) is 37.4 Å². The molecule has 0 saturated heterocycles. The fourth-order valence-electron chi connectivity index (χ4n) is 1.45. The van der Waals surface area contributed by atoms with Gasteiger partial charge in [0.25, 0.3) is 0 Å². The molecule has 0 fully saturated rings. The van der Waals surface area contributed by atoms with Crippen molar-refractivity contribution in [3.63, 3.8) is 0 Å². The van der Waals surface area contributed by atoms with E-state index in [-0.39, 0.29) is 0 Å². The van der Waals surface area contributed by atoms with E-state index in [1.807, 2.05) is 30.5 Å². The van der Waals surface area contributed by atoms with Gasteiger partial charge >= 0.3 is 0 Å². The summed E-state index contributed by atoms with van der Waals surface area (Å²) >= 11 is 1.69. The molecule has 0 radical (unpaired) electrons. The van der Waals surface area contributed by atoms with Crippen LogP contribution in [0.5, 0.6) is 0 Å². The van der Waals surface area contributed by atoms with Crippen molar-refractivity contribution in [1.29, 1.82) is 0 Å². The van der Waals surface area contributed by atoms with Crippen LogP contribution < -0.4 is 0 Å². The molecule has 1 aromatic carbocycles. The van der Waals surface area contributed by atoms with Crippen LogP contribution in [-0.4, -0.2) is 27.6 Å². The van der Waals surface area contributed by atoms with Gasteiger partial charge in [0.15, 0.2) is 0 Å². The van der Waals surface area contributed by atoms with Crippen molar-refractivity contribution in [1.82, 2.24) is 10.1 Å². The zero-order valence-corrected chi connectivity index (χ0v) is 10.6. The lowest BCUT2D eigenvalue weighted by molar-refractivity contribution is 0.181. The van der Waals surface area contributed by atoms with Gasteiger partial charge in [0.05, 0.1) is 12.5 Å². The van der Waals surface area contributed by atoms with Gasteiger partial charge in [-0.15, -0.1) is 11.8 Å². The second-order valence-corrected chi connectivity index (χ2v) is 4.67. The highest BCUT2D eigenvalue weighted by Crippen LogP contribution is 2.21. The second kappa shape index (κ2) is 5.33. The Hall–Kier alpha value is -1.33. The van der Waals surface area contributed by atoms with Crippen LogP contribution in [0, 0.1) is 0 Å². The molecule has 0 saturated carbocycles. The van der Waals surface area contributed by atoms with Crippen molar-refractivity contribution >= 4 is 11.8 Å². The summed E-state index contributed by atoms with van der Waals surface area (Å²) in [5, 5.41) is 13.1. The van der Waals surface area contributed by atoms with Crippen LogP contribution in [0.1, 0.15) is 12.8 Å². The molecule has 1 N–H and O–H groups in total. The normalized spacial score (nSPS) is 12.6. The standard InChI is InChI=1S/C12H14N2O2S/c1-8(15)7-11-13-12(14-16-11)9-3-5-10(17-2)6-4-9/h3-6,8,15H,7H2,1-2H3. The molecule has 0 aliphatic rings. The average Bonchev–Trinajstić information content (AvgIpc) is 2.77. The molecular weight excluding hydrogens is 236 g/mol. The fraction of sp³-hybridized carbons (Fsp3) is 0.333. The summed E-state index contributed by atoms with van der Waals surface area (Å²) in [6.07, 6.45) is 1.95. The minimum absolute atomic E-state index is 0.385. The molecule has 0 aliphatic heterocycles. The summed E-state index contributed by atoms with van der Waals surface area (Å²) in [7, 11) is 0. The molecule has 0 aliphatic carbocycles. The van der Waals surface area contributed by atoms with Crippen molar-refractivity contribution in [2.75, 3.05) is 6.26 Å². The van der Waals surface area contributed by atoms with E-state index >= 15 is 0 Å². The van der Waals surface area contributed by atoms with Gasteiger partial charge < -0.3 is 9.63 Å². The molecule has 0 bridgehead atoms. The van der Waals surface area contributed by atoms with E-state index in [9.17, 15) is 5.11 Å². The number of thioether (sulfide) groups is 1. The third-order valence-electron chi connectivity index (χ3n) is 2.29. The van der Waals surface area contributed by atoms with Gasteiger partial charge in [-0.25, -0.2) is 0 Å². The van der Waals surface area contributed by atoms with Gasteiger partial charge in [0.2, 0.25) is 11.7 Å². The van der Waals surface area contributed by atoms with E-state index in [0.717, 1.165) is 5.56 Å². The summed E-state index contributed by atoms with van der Waals surface area (Å²) in [6.45, 7) is 1.69. The van der Waals surface area contributed by atoms with E-state index in [2.05, 4.69) is 10.1 Å². The number of hydrogen-bond donors (Lipinski definition) is 1. The second-order valence-electron chi connectivity index (χ2n) is 3.79. The van der Waals surface area contributed by atoms with Crippen LogP contribution in [-0.2, 0) is 6.42 Å². The van der Waals surface area contributed by atoms with Gasteiger partial charge in [-0.1, -0.05) is 5.16 Å². The predicted molar refractivity (Wildman–Crippen MR) is 66.9 cm³/mol. The van der Waals surface area contributed by atoms with Crippen LogP contribution in [0.15, 0.2) is 33.7 Å². The largest absolute Gasteiger partial charge is 0.393 e. The van der Waals surface area contributed by atoms with Crippen LogP contribution in [0.2, 0.25) is 0 Å². The molecule has 5 heteroatoms. The van der Waals surface area contributed by atoms with Gasteiger partial charge in [-0.2, -0.15) is 4.98 Å². The number of hydrogen-bond acceptors (Lipinski definition) is 5. The van der Waals surface area contributed by atoms with E-state index < -0.39 is 6.10 Å². The first-order chi connectivity index (χ1) is 8.19. The number of aliphatic hydroxyl groups is 1. The molecular formula is C12H14N2O2S. The van der Waals surface area contributed by atoms with Crippen molar-refractivity contribution < 1.29 is 9.63 Å². The average molecular weight is 250 g/mol.